The number of ketones is 1. The van der Waals surface area contributed by atoms with Gasteiger partial charge in [0.15, 0.2) is 11.6 Å². The van der Waals surface area contributed by atoms with E-state index < -0.39 is 0 Å². The van der Waals surface area contributed by atoms with Crippen LogP contribution >= 0.6 is 11.8 Å². The van der Waals surface area contributed by atoms with E-state index >= 15 is 0 Å². The lowest BCUT2D eigenvalue weighted by molar-refractivity contribution is -0.384. The Bertz CT molecular complexity index is 1500. The Morgan fingerprint density at radius 1 is 1.05 bits per heavy atom. The number of rotatable bonds is 10. The largest absolute Gasteiger partial charge is 0.366 e. The summed E-state index contributed by atoms with van der Waals surface area (Å²) in [6, 6.07) is 22.3. The quantitative estimate of drug-likeness (QED) is 0.0814. The van der Waals surface area contributed by atoms with Crippen LogP contribution in [0.5, 0.6) is 0 Å². The minimum absolute atomic E-state index is 0.0180. The molecule has 0 spiro atoms. The Kier molecular flexibility index (Phi) is 8.12. The number of nitrogens with zero attached hydrogens (tertiary/aromatic N) is 6. The molecule has 10 heteroatoms. The van der Waals surface area contributed by atoms with Gasteiger partial charge < -0.3 is 4.90 Å². The molecule has 0 saturated carbocycles. The first-order chi connectivity index (χ1) is 19.0. The molecule has 1 fully saturated rings. The van der Waals surface area contributed by atoms with E-state index in [1.165, 1.54) is 17.3 Å². The standard InChI is InChI=1S/C29H28N6O3S/c1-2-21-10-13-23(14-11-21)27(36)20-39-29-32-31-28(24-8-4-3-5-9-24)34(29)30-19-22-12-15-25(26(18-22)35(37)38)33-16-6-7-17-33/h3-5,8-15,18-19H,2,6-7,16-17,20H2,1H3. The molecule has 4 aromatic rings. The third-order valence-electron chi connectivity index (χ3n) is 6.63. The number of carbonyl (C=O) groups excluding carboxylic acids is 1. The summed E-state index contributed by atoms with van der Waals surface area (Å²) in [5.74, 6) is 0.664. The summed E-state index contributed by atoms with van der Waals surface area (Å²) in [5, 5.41) is 25.5. The number of thioether (sulfide) groups is 1. The molecule has 2 heterocycles. The van der Waals surface area contributed by atoms with Crippen molar-refractivity contribution in [1.82, 2.24) is 14.9 Å². The van der Waals surface area contributed by atoms with E-state index in [1.54, 1.807) is 23.0 Å². The fourth-order valence-electron chi connectivity index (χ4n) is 4.48. The molecule has 9 nitrogen and oxygen atoms in total. The molecule has 0 amide bonds. The molecule has 0 unspecified atom stereocenters. The first-order valence-electron chi connectivity index (χ1n) is 12.9. The Balaban J connectivity index is 1.42. The predicted octanol–water partition coefficient (Wildman–Crippen LogP) is 5.87. The maximum atomic E-state index is 12.8. The zero-order valence-corrected chi connectivity index (χ0v) is 22.4. The molecule has 0 aliphatic carbocycles. The molecule has 0 radical (unpaired) electrons. The third kappa shape index (κ3) is 6.06. The second-order valence-electron chi connectivity index (χ2n) is 9.19. The molecule has 1 aliphatic rings. The number of hydrogen-bond donors (Lipinski definition) is 0. The summed E-state index contributed by atoms with van der Waals surface area (Å²) in [6.07, 6.45) is 4.54. The zero-order valence-electron chi connectivity index (χ0n) is 21.6. The van der Waals surface area contributed by atoms with Crippen LogP contribution in [0.3, 0.4) is 0 Å². The molecule has 1 aliphatic heterocycles. The van der Waals surface area contributed by atoms with Gasteiger partial charge >= 0.3 is 0 Å². The highest BCUT2D eigenvalue weighted by atomic mass is 32.2. The number of nitro groups is 1. The Labute approximate surface area is 230 Å². The second-order valence-corrected chi connectivity index (χ2v) is 10.1. The first kappa shape index (κ1) is 26.3. The maximum absolute atomic E-state index is 12.8. The highest BCUT2D eigenvalue weighted by Crippen LogP contribution is 2.31. The van der Waals surface area contributed by atoms with Gasteiger partial charge in [-0.25, -0.2) is 0 Å². The highest BCUT2D eigenvalue weighted by Gasteiger charge is 2.22. The van der Waals surface area contributed by atoms with Crippen LogP contribution in [0.15, 0.2) is 83.1 Å². The average Bonchev–Trinajstić information content (AvgIpc) is 3.65. The molecule has 1 saturated heterocycles. The molecule has 5 rings (SSSR count). The lowest BCUT2D eigenvalue weighted by atomic mass is 10.1. The molecule has 0 atom stereocenters. The van der Waals surface area contributed by atoms with E-state index in [0.717, 1.165) is 37.9 Å². The average molecular weight is 541 g/mol. The van der Waals surface area contributed by atoms with E-state index in [1.807, 2.05) is 65.6 Å². The number of nitro benzene ring substituents is 1. The molecule has 39 heavy (non-hydrogen) atoms. The van der Waals surface area contributed by atoms with Gasteiger partial charge in [-0.05, 0) is 30.9 Å². The first-order valence-corrected chi connectivity index (χ1v) is 13.9. The third-order valence-corrected chi connectivity index (χ3v) is 7.55. The van der Waals surface area contributed by atoms with Gasteiger partial charge in [-0.2, -0.15) is 9.78 Å². The summed E-state index contributed by atoms with van der Waals surface area (Å²) in [7, 11) is 0. The number of carbonyl (C=O) groups is 1. The summed E-state index contributed by atoms with van der Waals surface area (Å²) in [5.41, 5.74) is 3.90. The number of benzene rings is 3. The van der Waals surface area contributed by atoms with Gasteiger partial charge in [-0.15, -0.1) is 10.2 Å². The molecule has 0 N–H and O–H groups in total. The maximum Gasteiger partial charge on any atom is 0.293 e. The van der Waals surface area contributed by atoms with Crippen molar-refractivity contribution in [1.29, 1.82) is 0 Å². The van der Waals surface area contributed by atoms with Gasteiger partial charge in [0.1, 0.15) is 5.69 Å². The molecular weight excluding hydrogens is 512 g/mol. The Hall–Kier alpha value is -4.31. The van der Waals surface area contributed by atoms with Gasteiger partial charge in [0, 0.05) is 35.8 Å². The lowest BCUT2D eigenvalue weighted by Crippen LogP contribution is -2.19. The van der Waals surface area contributed by atoms with Crippen molar-refractivity contribution in [3.8, 4) is 11.4 Å². The van der Waals surface area contributed by atoms with Gasteiger partial charge in [-0.1, -0.05) is 79.3 Å². The number of Topliss-reactive ketones (excluding diaryl/α,β-unsaturated/α-hetero) is 1. The minimum Gasteiger partial charge on any atom is -0.366 e. The molecule has 1 aromatic heterocycles. The normalized spacial score (nSPS) is 13.3. The highest BCUT2D eigenvalue weighted by molar-refractivity contribution is 7.99. The van der Waals surface area contributed by atoms with Crippen molar-refractivity contribution in [2.45, 2.75) is 31.3 Å². The van der Waals surface area contributed by atoms with Crippen molar-refractivity contribution < 1.29 is 9.72 Å². The number of anilines is 1. The summed E-state index contributed by atoms with van der Waals surface area (Å²) in [4.78, 5) is 26.4. The summed E-state index contributed by atoms with van der Waals surface area (Å²) < 4.78 is 1.58. The van der Waals surface area contributed by atoms with Gasteiger partial charge in [0.05, 0.1) is 16.9 Å². The predicted molar refractivity (Wildman–Crippen MR) is 154 cm³/mol. The SMILES string of the molecule is CCc1ccc(C(=O)CSc2nnc(-c3ccccc3)n2N=Cc2ccc(N3CCCC3)c([N+](=O)[O-])c2)cc1. The minimum atomic E-state index is -0.348. The summed E-state index contributed by atoms with van der Waals surface area (Å²) in [6.45, 7) is 3.71. The van der Waals surface area contributed by atoms with Crippen LogP contribution in [-0.4, -0.2) is 50.6 Å². The fraction of sp³-hybridized carbons (Fsp3) is 0.241. The zero-order chi connectivity index (χ0) is 27.2. The van der Waals surface area contributed by atoms with Crippen LogP contribution in [0.2, 0.25) is 0 Å². The van der Waals surface area contributed by atoms with E-state index in [9.17, 15) is 14.9 Å². The van der Waals surface area contributed by atoms with Gasteiger partial charge in [-0.3, -0.25) is 14.9 Å². The van der Waals surface area contributed by atoms with Crippen molar-refractivity contribution >= 4 is 35.1 Å². The number of hydrogen-bond acceptors (Lipinski definition) is 8. The number of aromatic nitrogens is 3. The molecule has 3 aromatic carbocycles. The van der Waals surface area contributed by atoms with Crippen molar-refractivity contribution in [3.63, 3.8) is 0 Å². The van der Waals surface area contributed by atoms with E-state index in [2.05, 4.69) is 22.2 Å². The van der Waals surface area contributed by atoms with E-state index in [-0.39, 0.29) is 22.1 Å². The van der Waals surface area contributed by atoms with E-state index in [4.69, 9.17) is 0 Å². The van der Waals surface area contributed by atoms with Crippen LogP contribution < -0.4 is 4.90 Å². The smallest absolute Gasteiger partial charge is 0.293 e. The van der Waals surface area contributed by atoms with Gasteiger partial charge in [0.2, 0.25) is 5.16 Å². The summed E-state index contributed by atoms with van der Waals surface area (Å²) >= 11 is 1.25. The van der Waals surface area contributed by atoms with Gasteiger partial charge in [0.25, 0.3) is 5.69 Å². The van der Waals surface area contributed by atoms with Crippen LogP contribution in [-0.2, 0) is 6.42 Å². The second kappa shape index (κ2) is 12.0. The molecule has 0 bridgehead atoms. The lowest BCUT2D eigenvalue weighted by Gasteiger charge is -2.17. The Morgan fingerprint density at radius 2 is 1.79 bits per heavy atom. The monoisotopic (exact) mass is 540 g/mol. The van der Waals surface area contributed by atoms with Crippen LogP contribution in [0, 0.1) is 10.1 Å². The van der Waals surface area contributed by atoms with E-state index in [0.29, 0.717) is 27.8 Å². The van der Waals surface area contributed by atoms with Crippen molar-refractivity contribution in [2.24, 2.45) is 5.10 Å². The Morgan fingerprint density at radius 3 is 2.49 bits per heavy atom. The van der Waals surface area contributed by atoms with Crippen LogP contribution in [0.25, 0.3) is 11.4 Å². The topological polar surface area (TPSA) is 107 Å². The molecule has 198 valence electrons. The fourth-order valence-corrected chi connectivity index (χ4v) is 5.26. The van der Waals surface area contributed by atoms with Crippen LogP contribution in [0.1, 0.15) is 41.3 Å². The van der Waals surface area contributed by atoms with Crippen molar-refractivity contribution in [2.75, 3.05) is 23.7 Å². The van der Waals surface area contributed by atoms with Crippen LogP contribution in [0.4, 0.5) is 11.4 Å². The number of aryl methyl sites for hydroxylation is 1. The molecular formula is C29H28N6O3S. The van der Waals surface area contributed by atoms with Crippen molar-refractivity contribution in [3.05, 3.63) is 99.6 Å².